The summed E-state index contributed by atoms with van der Waals surface area (Å²) in [5, 5.41) is 4.72. The Balaban J connectivity index is 1.17. The molecule has 0 spiro atoms. The van der Waals surface area contributed by atoms with Crippen molar-refractivity contribution in [2.75, 3.05) is 0 Å². The lowest BCUT2D eigenvalue weighted by Crippen LogP contribution is -2.14. The van der Waals surface area contributed by atoms with Crippen molar-refractivity contribution in [1.82, 2.24) is 9.97 Å². The van der Waals surface area contributed by atoms with Crippen LogP contribution in [0.15, 0.2) is 182 Å². The van der Waals surface area contributed by atoms with Gasteiger partial charge in [0.1, 0.15) is 0 Å². The van der Waals surface area contributed by atoms with E-state index in [1.54, 1.807) is 0 Å². The lowest BCUT2D eigenvalue weighted by Gasteiger charge is -2.22. The molecular weight excluding hydrogens is 641 g/mol. The van der Waals surface area contributed by atoms with Gasteiger partial charge in [-0.2, -0.15) is 0 Å². The number of nitrogens with zero attached hydrogens (tertiary/aromatic N) is 2. The van der Waals surface area contributed by atoms with E-state index in [2.05, 4.69) is 190 Å². The molecule has 0 bridgehead atoms. The average molecular weight is 677 g/mol. The van der Waals surface area contributed by atoms with Gasteiger partial charge in [-0.05, 0) is 90.3 Å². The molecule has 0 amide bonds. The van der Waals surface area contributed by atoms with Crippen molar-refractivity contribution in [3.8, 4) is 67.3 Å². The molecule has 9 aromatic rings. The number of rotatable bonds is 5. The van der Waals surface area contributed by atoms with Gasteiger partial charge in [0.15, 0.2) is 5.82 Å². The molecule has 250 valence electrons. The summed E-state index contributed by atoms with van der Waals surface area (Å²) in [5.74, 6) is 0.709. The van der Waals surface area contributed by atoms with Crippen LogP contribution in [0.2, 0.25) is 0 Å². The molecule has 0 unspecified atom stereocenters. The first kappa shape index (κ1) is 31.1. The zero-order chi connectivity index (χ0) is 35.5. The van der Waals surface area contributed by atoms with Crippen molar-refractivity contribution in [2.45, 2.75) is 19.3 Å². The van der Waals surface area contributed by atoms with Crippen LogP contribution >= 0.6 is 0 Å². The topological polar surface area (TPSA) is 25.8 Å². The Bertz CT molecular complexity index is 2850. The summed E-state index contributed by atoms with van der Waals surface area (Å²) >= 11 is 0. The molecule has 0 saturated carbocycles. The maximum atomic E-state index is 5.29. The Kier molecular flexibility index (Phi) is 7.19. The summed E-state index contributed by atoms with van der Waals surface area (Å²) in [4.78, 5) is 10.6. The number of hydrogen-bond donors (Lipinski definition) is 0. The third-order valence-electron chi connectivity index (χ3n) is 11.1. The first-order chi connectivity index (χ1) is 26.0. The quantitative estimate of drug-likeness (QED) is 0.181. The van der Waals surface area contributed by atoms with E-state index >= 15 is 0 Å². The lowest BCUT2D eigenvalue weighted by molar-refractivity contribution is 0.660. The predicted molar refractivity (Wildman–Crippen MR) is 222 cm³/mol. The highest BCUT2D eigenvalue weighted by molar-refractivity contribution is 6.06. The molecule has 2 heteroatoms. The van der Waals surface area contributed by atoms with Crippen LogP contribution in [0.3, 0.4) is 0 Å². The van der Waals surface area contributed by atoms with Crippen molar-refractivity contribution in [1.29, 1.82) is 0 Å². The predicted octanol–water partition coefficient (Wildman–Crippen LogP) is 13.4. The monoisotopic (exact) mass is 676 g/mol. The number of benzene rings is 8. The third kappa shape index (κ3) is 5.18. The van der Waals surface area contributed by atoms with Gasteiger partial charge in [-0.15, -0.1) is 0 Å². The Morgan fingerprint density at radius 3 is 1.68 bits per heavy atom. The molecule has 0 atom stereocenters. The summed E-state index contributed by atoms with van der Waals surface area (Å²) in [5.41, 5.74) is 15.1. The molecule has 1 aliphatic carbocycles. The maximum Gasteiger partial charge on any atom is 0.160 e. The highest BCUT2D eigenvalue weighted by Crippen LogP contribution is 2.50. The normalized spacial score (nSPS) is 12.9. The summed E-state index contributed by atoms with van der Waals surface area (Å²) in [6.07, 6.45) is 0. The van der Waals surface area contributed by atoms with E-state index in [1.165, 1.54) is 55.1 Å². The SMILES string of the molecule is CC1(C)c2ccccc2-c2ccc(-c3ccc(-c4cc(-c5cc(-c6ccccc6)cc6ccccc56)nc(-c5ccccc5)n4)c4ccccc34)cc21. The van der Waals surface area contributed by atoms with Gasteiger partial charge < -0.3 is 0 Å². The van der Waals surface area contributed by atoms with E-state index in [4.69, 9.17) is 9.97 Å². The van der Waals surface area contributed by atoms with E-state index in [0.29, 0.717) is 5.82 Å². The second-order valence-electron chi connectivity index (χ2n) is 14.6. The molecule has 8 aromatic carbocycles. The fourth-order valence-electron chi connectivity index (χ4n) is 8.41. The fraction of sp³-hybridized carbons (Fsp3) is 0.0588. The average Bonchev–Trinajstić information content (AvgIpc) is 3.45. The van der Waals surface area contributed by atoms with Crippen LogP contribution in [-0.2, 0) is 5.41 Å². The molecule has 53 heavy (non-hydrogen) atoms. The first-order valence-corrected chi connectivity index (χ1v) is 18.3. The summed E-state index contributed by atoms with van der Waals surface area (Å²) < 4.78 is 0. The Labute approximate surface area is 310 Å². The number of aromatic nitrogens is 2. The Morgan fingerprint density at radius 1 is 0.340 bits per heavy atom. The van der Waals surface area contributed by atoms with E-state index < -0.39 is 0 Å². The van der Waals surface area contributed by atoms with Crippen LogP contribution in [-0.4, -0.2) is 9.97 Å². The maximum absolute atomic E-state index is 5.29. The van der Waals surface area contributed by atoms with E-state index in [0.717, 1.165) is 39.0 Å². The van der Waals surface area contributed by atoms with Crippen molar-refractivity contribution in [3.63, 3.8) is 0 Å². The molecule has 10 rings (SSSR count). The smallest absolute Gasteiger partial charge is 0.160 e. The van der Waals surface area contributed by atoms with Crippen LogP contribution in [0.1, 0.15) is 25.0 Å². The third-order valence-corrected chi connectivity index (χ3v) is 11.1. The minimum Gasteiger partial charge on any atom is -0.228 e. The molecule has 0 saturated heterocycles. The van der Waals surface area contributed by atoms with Gasteiger partial charge >= 0.3 is 0 Å². The molecule has 1 aliphatic rings. The van der Waals surface area contributed by atoms with Gasteiger partial charge in [-0.25, -0.2) is 9.97 Å². The zero-order valence-electron chi connectivity index (χ0n) is 29.7. The summed E-state index contributed by atoms with van der Waals surface area (Å²) in [6.45, 7) is 4.69. The number of fused-ring (bicyclic) bond motifs is 5. The molecule has 1 aromatic heterocycles. The fourth-order valence-corrected chi connectivity index (χ4v) is 8.41. The number of hydrogen-bond acceptors (Lipinski definition) is 2. The molecule has 0 N–H and O–H groups in total. The molecule has 1 heterocycles. The highest BCUT2D eigenvalue weighted by Gasteiger charge is 2.35. The van der Waals surface area contributed by atoms with Gasteiger partial charge in [0.2, 0.25) is 0 Å². The van der Waals surface area contributed by atoms with Gasteiger partial charge in [0.05, 0.1) is 11.4 Å². The summed E-state index contributed by atoms with van der Waals surface area (Å²) in [6, 6.07) is 65.4. The van der Waals surface area contributed by atoms with Crippen LogP contribution < -0.4 is 0 Å². The van der Waals surface area contributed by atoms with Crippen LogP contribution in [0.4, 0.5) is 0 Å². The van der Waals surface area contributed by atoms with E-state index in [-0.39, 0.29) is 5.41 Å². The van der Waals surface area contributed by atoms with Crippen molar-refractivity contribution >= 4 is 21.5 Å². The van der Waals surface area contributed by atoms with Gasteiger partial charge in [0.25, 0.3) is 0 Å². The van der Waals surface area contributed by atoms with E-state index in [1.807, 2.05) is 6.07 Å². The summed E-state index contributed by atoms with van der Waals surface area (Å²) in [7, 11) is 0. The van der Waals surface area contributed by atoms with Gasteiger partial charge in [-0.1, -0.05) is 172 Å². The van der Waals surface area contributed by atoms with Crippen LogP contribution in [0.5, 0.6) is 0 Å². The van der Waals surface area contributed by atoms with Crippen molar-refractivity contribution < 1.29 is 0 Å². The largest absolute Gasteiger partial charge is 0.228 e. The van der Waals surface area contributed by atoms with Crippen molar-refractivity contribution in [2.24, 2.45) is 0 Å². The zero-order valence-corrected chi connectivity index (χ0v) is 29.7. The highest BCUT2D eigenvalue weighted by atomic mass is 14.9. The molecule has 0 radical (unpaired) electrons. The molecule has 2 nitrogen and oxygen atoms in total. The van der Waals surface area contributed by atoms with Gasteiger partial charge in [0, 0.05) is 22.1 Å². The lowest BCUT2D eigenvalue weighted by atomic mass is 9.81. The van der Waals surface area contributed by atoms with Crippen LogP contribution in [0.25, 0.3) is 88.8 Å². The second kappa shape index (κ2) is 12.3. The van der Waals surface area contributed by atoms with Gasteiger partial charge in [-0.3, -0.25) is 0 Å². The van der Waals surface area contributed by atoms with Crippen molar-refractivity contribution in [3.05, 3.63) is 193 Å². The molecule has 0 aliphatic heterocycles. The molecule has 0 fully saturated rings. The Morgan fingerprint density at radius 2 is 0.906 bits per heavy atom. The van der Waals surface area contributed by atoms with E-state index in [9.17, 15) is 0 Å². The Hall–Kier alpha value is -6.64. The second-order valence-corrected chi connectivity index (χ2v) is 14.6. The first-order valence-electron chi connectivity index (χ1n) is 18.3. The standard InChI is InChI=1S/C51H36N2/c1-51(2)46-24-14-13-23-42(46)43-26-25-36(31-47(43)51)39-27-28-44(41-22-12-11-21-40(39)41)48-32-49(53-50(52-48)34-17-7-4-8-18-34)45-30-37(33-15-5-3-6-16-33)29-35-19-9-10-20-38(35)45/h3-32H,1-2H3. The minimum absolute atomic E-state index is 0.0646. The molecular formula is C51H36N2. The minimum atomic E-state index is -0.0646. The van der Waals surface area contributed by atoms with Crippen LogP contribution in [0, 0.1) is 0 Å².